The van der Waals surface area contributed by atoms with Crippen LogP contribution in [-0.2, 0) is 37.4 Å². The van der Waals surface area contributed by atoms with Crippen LogP contribution in [0.2, 0.25) is 0 Å². The quantitative estimate of drug-likeness (QED) is 0.744. The molecule has 7 nitrogen and oxygen atoms in total. The lowest BCUT2D eigenvalue weighted by Gasteiger charge is -2.26. The highest BCUT2D eigenvalue weighted by atomic mass is 32.2. The second-order valence-corrected chi connectivity index (χ2v) is 8.29. The molecule has 1 fully saturated rings. The summed E-state index contributed by atoms with van der Waals surface area (Å²) >= 11 is 0. The van der Waals surface area contributed by atoms with Crippen molar-refractivity contribution in [3.8, 4) is 0 Å². The second-order valence-electron chi connectivity index (χ2n) is 6.37. The minimum atomic E-state index is -3.58. The number of fused-ring (bicyclic) bond motifs is 1. The maximum Gasteiger partial charge on any atom is 0.229 e. The van der Waals surface area contributed by atoms with E-state index in [2.05, 4.69) is 4.72 Å². The molecule has 136 valence electrons. The van der Waals surface area contributed by atoms with Crippen LogP contribution in [0.5, 0.6) is 0 Å². The van der Waals surface area contributed by atoms with E-state index in [4.69, 9.17) is 4.74 Å². The van der Waals surface area contributed by atoms with Gasteiger partial charge in [0.2, 0.25) is 21.8 Å². The van der Waals surface area contributed by atoms with Gasteiger partial charge < -0.3 is 4.74 Å². The average molecular weight is 366 g/mol. The monoisotopic (exact) mass is 366 g/mol. The molecule has 0 aliphatic carbocycles. The fourth-order valence-corrected chi connectivity index (χ4v) is 4.10. The fraction of sp³-hybridized carbons (Fsp3) is 0.529. The molecule has 2 aliphatic rings. The minimum absolute atomic E-state index is 0.0959. The van der Waals surface area contributed by atoms with Crippen molar-refractivity contribution in [2.75, 3.05) is 18.8 Å². The molecule has 0 spiro atoms. The van der Waals surface area contributed by atoms with Gasteiger partial charge in [0.1, 0.15) is 0 Å². The molecule has 0 bridgehead atoms. The van der Waals surface area contributed by atoms with Gasteiger partial charge in [0.15, 0.2) is 0 Å². The van der Waals surface area contributed by atoms with E-state index in [1.807, 2.05) is 24.3 Å². The highest BCUT2D eigenvalue weighted by molar-refractivity contribution is 7.89. The number of hydrogen-bond acceptors (Lipinski definition) is 5. The lowest BCUT2D eigenvalue weighted by molar-refractivity contribution is -0.147. The number of likely N-dealkylation sites (tertiary alicyclic amines) is 1. The molecule has 2 amide bonds. The molecule has 2 aliphatic heterocycles. The fourth-order valence-electron chi connectivity index (χ4n) is 3.09. The minimum Gasteiger partial charge on any atom is -0.372 e. The highest BCUT2D eigenvalue weighted by Gasteiger charge is 2.27. The number of rotatable bonds is 6. The Morgan fingerprint density at radius 1 is 1.12 bits per heavy atom. The Kier molecular flexibility index (Phi) is 5.51. The first kappa shape index (κ1) is 18.0. The molecule has 1 saturated heterocycles. The van der Waals surface area contributed by atoms with Gasteiger partial charge in [-0.3, -0.25) is 14.5 Å². The van der Waals surface area contributed by atoms with Crippen molar-refractivity contribution in [2.45, 2.75) is 38.4 Å². The molecule has 0 aromatic heterocycles. The Balaban J connectivity index is 1.49. The number of carbonyl (C=O) groups is 2. The van der Waals surface area contributed by atoms with Gasteiger partial charge in [0, 0.05) is 32.4 Å². The summed E-state index contributed by atoms with van der Waals surface area (Å²) in [4.78, 5) is 24.5. The standard InChI is InChI=1S/C17H22N2O5S/c20-16-6-3-7-17(21)19(16)8-9-25(22,23)18-11-15-10-13-4-1-2-5-14(13)12-24-15/h1-2,4-5,15,18H,3,6-12H2. The summed E-state index contributed by atoms with van der Waals surface area (Å²) in [6.07, 6.45) is 1.58. The first-order valence-electron chi connectivity index (χ1n) is 8.43. The summed E-state index contributed by atoms with van der Waals surface area (Å²) in [6.45, 7) is 0.555. The van der Waals surface area contributed by atoms with E-state index in [0.717, 1.165) is 10.5 Å². The van der Waals surface area contributed by atoms with Crippen LogP contribution in [-0.4, -0.2) is 50.1 Å². The summed E-state index contributed by atoms with van der Waals surface area (Å²) < 4.78 is 32.5. The number of sulfonamides is 1. The van der Waals surface area contributed by atoms with Crippen molar-refractivity contribution < 1.29 is 22.7 Å². The topological polar surface area (TPSA) is 92.8 Å². The summed E-state index contributed by atoms with van der Waals surface area (Å²) in [6, 6.07) is 7.93. The smallest absolute Gasteiger partial charge is 0.229 e. The van der Waals surface area contributed by atoms with E-state index in [1.54, 1.807) is 0 Å². The van der Waals surface area contributed by atoms with Crippen LogP contribution in [0, 0.1) is 0 Å². The molecule has 2 heterocycles. The van der Waals surface area contributed by atoms with Crippen molar-refractivity contribution in [3.63, 3.8) is 0 Å². The first-order valence-corrected chi connectivity index (χ1v) is 10.1. The third-order valence-corrected chi connectivity index (χ3v) is 5.86. The second kappa shape index (κ2) is 7.63. The van der Waals surface area contributed by atoms with Gasteiger partial charge >= 0.3 is 0 Å². The summed E-state index contributed by atoms with van der Waals surface area (Å²) in [5.41, 5.74) is 2.30. The number of ether oxygens (including phenoxy) is 1. The van der Waals surface area contributed by atoms with Gasteiger partial charge in [-0.25, -0.2) is 13.1 Å². The predicted molar refractivity (Wildman–Crippen MR) is 91.1 cm³/mol. The molecule has 1 aromatic rings. The Bertz CT molecular complexity index is 746. The molecule has 0 saturated carbocycles. The van der Waals surface area contributed by atoms with Gasteiger partial charge in [-0.2, -0.15) is 0 Å². The lowest BCUT2D eigenvalue weighted by Crippen LogP contribution is -2.45. The zero-order valence-corrected chi connectivity index (χ0v) is 14.8. The molecule has 25 heavy (non-hydrogen) atoms. The average Bonchev–Trinajstić information content (AvgIpc) is 2.59. The number of piperidine rings is 1. The van der Waals surface area contributed by atoms with Crippen molar-refractivity contribution in [3.05, 3.63) is 35.4 Å². The maximum atomic E-state index is 12.2. The van der Waals surface area contributed by atoms with Gasteiger partial charge in [-0.05, 0) is 17.5 Å². The number of amides is 2. The van der Waals surface area contributed by atoms with Crippen molar-refractivity contribution in [1.82, 2.24) is 9.62 Å². The van der Waals surface area contributed by atoms with Crippen LogP contribution in [0.3, 0.4) is 0 Å². The zero-order valence-electron chi connectivity index (χ0n) is 13.9. The number of imide groups is 1. The van der Waals surface area contributed by atoms with E-state index in [0.29, 0.717) is 32.3 Å². The molecule has 0 radical (unpaired) electrons. The summed E-state index contributed by atoms with van der Waals surface area (Å²) in [5.74, 6) is -0.870. The van der Waals surface area contributed by atoms with E-state index in [-0.39, 0.29) is 36.8 Å². The Labute approximate surface area is 147 Å². The van der Waals surface area contributed by atoms with Gasteiger partial charge in [0.25, 0.3) is 0 Å². The van der Waals surface area contributed by atoms with Crippen LogP contribution in [0.4, 0.5) is 0 Å². The molecule has 1 N–H and O–H groups in total. The van der Waals surface area contributed by atoms with Crippen LogP contribution in [0.25, 0.3) is 0 Å². The summed E-state index contributed by atoms with van der Waals surface area (Å²) in [5, 5.41) is 0. The predicted octanol–water partition coefficient (Wildman–Crippen LogP) is 0.586. The Morgan fingerprint density at radius 3 is 2.52 bits per heavy atom. The number of nitrogens with one attached hydrogen (secondary N) is 1. The number of nitrogens with zero attached hydrogens (tertiary/aromatic N) is 1. The van der Waals surface area contributed by atoms with E-state index >= 15 is 0 Å². The molecule has 1 aromatic carbocycles. The third kappa shape index (κ3) is 4.65. The normalized spacial score (nSPS) is 21.3. The number of benzene rings is 1. The maximum absolute atomic E-state index is 12.2. The van der Waals surface area contributed by atoms with E-state index < -0.39 is 10.0 Å². The third-order valence-electron chi connectivity index (χ3n) is 4.54. The molecule has 1 atom stereocenters. The van der Waals surface area contributed by atoms with Crippen LogP contribution in [0.15, 0.2) is 24.3 Å². The number of carbonyl (C=O) groups excluding carboxylic acids is 2. The molecular weight excluding hydrogens is 344 g/mol. The Morgan fingerprint density at radius 2 is 1.80 bits per heavy atom. The van der Waals surface area contributed by atoms with Crippen LogP contribution >= 0.6 is 0 Å². The SMILES string of the molecule is O=C1CCCC(=O)N1CCS(=O)(=O)NCC1Cc2ccccc2CO1. The highest BCUT2D eigenvalue weighted by Crippen LogP contribution is 2.20. The van der Waals surface area contributed by atoms with Crippen LogP contribution in [0.1, 0.15) is 30.4 Å². The molecule has 8 heteroatoms. The summed E-state index contributed by atoms with van der Waals surface area (Å²) in [7, 11) is -3.58. The van der Waals surface area contributed by atoms with E-state index in [1.165, 1.54) is 5.56 Å². The number of hydrogen-bond donors (Lipinski definition) is 1. The van der Waals surface area contributed by atoms with Crippen LogP contribution < -0.4 is 4.72 Å². The van der Waals surface area contributed by atoms with Gasteiger partial charge in [0.05, 0.1) is 18.5 Å². The molecule has 3 rings (SSSR count). The largest absolute Gasteiger partial charge is 0.372 e. The first-order chi connectivity index (χ1) is 11.9. The van der Waals surface area contributed by atoms with E-state index in [9.17, 15) is 18.0 Å². The van der Waals surface area contributed by atoms with Gasteiger partial charge in [-0.15, -0.1) is 0 Å². The zero-order chi connectivity index (χ0) is 17.9. The van der Waals surface area contributed by atoms with Crippen molar-refractivity contribution >= 4 is 21.8 Å². The lowest BCUT2D eigenvalue weighted by atomic mass is 9.99. The van der Waals surface area contributed by atoms with Gasteiger partial charge in [-0.1, -0.05) is 24.3 Å². The molecular formula is C17H22N2O5S. The van der Waals surface area contributed by atoms with Crippen molar-refractivity contribution in [1.29, 1.82) is 0 Å². The molecule has 1 unspecified atom stereocenters. The van der Waals surface area contributed by atoms with Crippen molar-refractivity contribution in [2.24, 2.45) is 0 Å². The Hall–Kier alpha value is -1.77.